The Morgan fingerprint density at radius 2 is 0.781 bits per heavy atom. The first kappa shape index (κ1) is 22.0. The third-order valence-corrected chi connectivity index (χ3v) is 6.38. The van der Waals surface area contributed by atoms with Gasteiger partial charge in [-0.1, -0.05) is 90.1 Å². The van der Waals surface area contributed by atoms with Gasteiger partial charge in [-0.05, 0) is 67.5 Å². The Morgan fingerprint density at radius 1 is 0.469 bits per heavy atom. The highest BCUT2D eigenvalue weighted by molar-refractivity contribution is 6.05. The molecule has 4 aliphatic rings. The van der Waals surface area contributed by atoms with Gasteiger partial charge in [0.15, 0.2) is 12.6 Å². The molecule has 0 saturated heterocycles. The minimum absolute atomic E-state index is 0.00672. The maximum atomic E-state index is 11.9. The van der Waals surface area contributed by atoms with E-state index in [1.165, 1.54) is 11.1 Å². The number of rotatable bonds is 3. The van der Waals surface area contributed by atoms with E-state index in [0.717, 1.165) is 46.0 Å². The SMILES string of the molecule is CC(C)(C)c1ccc2c(C=O)cc(-c3cc(C=O)c4ccc(C(C)(C)C)ccc3-4)c-2cc1. The van der Waals surface area contributed by atoms with Crippen LogP contribution in [-0.4, -0.2) is 12.6 Å². The van der Waals surface area contributed by atoms with E-state index in [0.29, 0.717) is 11.1 Å². The first-order valence-corrected chi connectivity index (χ1v) is 11.1. The molecule has 0 atom stereocenters. The zero-order chi connectivity index (χ0) is 23.3. The predicted octanol–water partition coefficient (Wildman–Crippen LogP) is 7.78. The number of hydrogen-bond donors (Lipinski definition) is 0. The second-order valence-electron chi connectivity index (χ2n) is 10.7. The topological polar surface area (TPSA) is 34.1 Å². The van der Waals surface area contributed by atoms with Crippen LogP contribution in [-0.2, 0) is 10.8 Å². The van der Waals surface area contributed by atoms with E-state index >= 15 is 0 Å². The van der Waals surface area contributed by atoms with Crippen LogP contribution in [0.5, 0.6) is 0 Å². The molecule has 0 saturated carbocycles. The maximum Gasteiger partial charge on any atom is 0.150 e. The van der Waals surface area contributed by atoms with Gasteiger partial charge in [-0.3, -0.25) is 9.59 Å². The van der Waals surface area contributed by atoms with Crippen molar-refractivity contribution in [2.45, 2.75) is 52.4 Å². The standard InChI is InChI=1S/C30H30O2/c1-29(2,3)21-7-11-23-19(17-31)15-27(25(23)13-9-21)28-16-20(18-32)24-12-8-22(30(4,5)6)10-14-26(24)28/h7-18H,1-6H3. The Labute approximate surface area is 191 Å². The summed E-state index contributed by atoms with van der Waals surface area (Å²) in [5, 5.41) is 0. The third-order valence-electron chi connectivity index (χ3n) is 6.38. The average Bonchev–Trinajstić information content (AvgIpc) is 3.01. The van der Waals surface area contributed by atoms with Gasteiger partial charge in [-0.25, -0.2) is 0 Å². The largest absolute Gasteiger partial charge is 0.298 e. The smallest absolute Gasteiger partial charge is 0.150 e. The molecule has 4 rings (SSSR count). The van der Waals surface area contributed by atoms with Crippen molar-refractivity contribution in [3.8, 4) is 33.4 Å². The molecule has 0 fully saturated rings. The van der Waals surface area contributed by atoms with Gasteiger partial charge in [0, 0.05) is 11.1 Å². The first-order valence-electron chi connectivity index (χ1n) is 11.1. The summed E-state index contributed by atoms with van der Waals surface area (Å²) in [4.78, 5) is 23.8. The average molecular weight is 423 g/mol. The third kappa shape index (κ3) is 3.75. The van der Waals surface area contributed by atoms with Crippen LogP contribution in [0.4, 0.5) is 0 Å². The lowest BCUT2D eigenvalue weighted by molar-refractivity contribution is 0.111. The van der Waals surface area contributed by atoms with E-state index in [2.05, 4.69) is 77.9 Å². The van der Waals surface area contributed by atoms with E-state index in [-0.39, 0.29) is 10.8 Å². The van der Waals surface area contributed by atoms with Crippen LogP contribution in [0.15, 0.2) is 60.7 Å². The van der Waals surface area contributed by atoms with E-state index < -0.39 is 0 Å². The van der Waals surface area contributed by atoms with E-state index in [1.54, 1.807) is 0 Å². The minimum Gasteiger partial charge on any atom is -0.298 e. The molecule has 0 radical (unpaired) electrons. The number of carbonyl (C=O) groups is 2. The molecule has 0 N–H and O–H groups in total. The van der Waals surface area contributed by atoms with Gasteiger partial charge in [0.1, 0.15) is 0 Å². The molecule has 32 heavy (non-hydrogen) atoms. The summed E-state index contributed by atoms with van der Waals surface area (Å²) >= 11 is 0. The van der Waals surface area contributed by atoms with Crippen LogP contribution in [0.2, 0.25) is 0 Å². The van der Waals surface area contributed by atoms with Crippen molar-refractivity contribution >= 4 is 12.6 Å². The zero-order valence-electron chi connectivity index (χ0n) is 19.7. The Kier molecular flexibility index (Phi) is 5.29. The summed E-state index contributed by atoms with van der Waals surface area (Å²) in [5.41, 5.74) is 9.65. The number of fused-ring (bicyclic) bond motifs is 2. The summed E-state index contributed by atoms with van der Waals surface area (Å²) < 4.78 is 0. The molecule has 0 bridgehead atoms. The predicted molar refractivity (Wildman–Crippen MR) is 133 cm³/mol. The lowest BCUT2D eigenvalue weighted by Crippen LogP contribution is -2.09. The molecule has 0 unspecified atom stereocenters. The fourth-order valence-electron chi connectivity index (χ4n) is 4.40. The fraction of sp³-hybridized carbons (Fsp3) is 0.267. The van der Waals surface area contributed by atoms with Crippen LogP contribution >= 0.6 is 0 Å². The van der Waals surface area contributed by atoms with Crippen molar-refractivity contribution in [3.63, 3.8) is 0 Å². The van der Waals surface area contributed by atoms with Crippen LogP contribution in [0, 0.1) is 0 Å². The van der Waals surface area contributed by atoms with Crippen molar-refractivity contribution in [2.75, 3.05) is 0 Å². The Balaban J connectivity index is 2.01. The van der Waals surface area contributed by atoms with Crippen molar-refractivity contribution in [2.24, 2.45) is 0 Å². The fourth-order valence-corrected chi connectivity index (χ4v) is 4.40. The van der Waals surface area contributed by atoms with Gasteiger partial charge in [0.05, 0.1) is 0 Å². The molecule has 4 aliphatic carbocycles. The summed E-state index contributed by atoms with van der Waals surface area (Å²) in [6.45, 7) is 13.1. The molecule has 0 aromatic heterocycles. The van der Waals surface area contributed by atoms with Gasteiger partial charge in [-0.2, -0.15) is 0 Å². The van der Waals surface area contributed by atoms with E-state index in [1.807, 2.05) is 24.3 Å². The number of aldehydes is 2. The van der Waals surface area contributed by atoms with Crippen molar-refractivity contribution in [3.05, 3.63) is 82.9 Å². The molecule has 0 aromatic rings. The Hall–Kier alpha value is -3.26. The van der Waals surface area contributed by atoms with E-state index in [9.17, 15) is 9.59 Å². The monoisotopic (exact) mass is 422 g/mol. The molecule has 2 heteroatoms. The Morgan fingerprint density at radius 3 is 1.06 bits per heavy atom. The Bertz CT molecular complexity index is 1160. The second-order valence-corrected chi connectivity index (χ2v) is 10.7. The van der Waals surface area contributed by atoms with Gasteiger partial charge < -0.3 is 0 Å². The molecule has 0 spiro atoms. The molecule has 0 aliphatic heterocycles. The molecule has 2 nitrogen and oxygen atoms in total. The van der Waals surface area contributed by atoms with Crippen LogP contribution in [0.1, 0.15) is 73.4 Å². The molecular formula is C30H30O2. The summed E-state index contributed by atoms with van der Waals surface area (Å²) in [7, 11) is 0. The summed E-state index contributed by atoms with van der Waals surface area (Å²) in [5.74, 6) is 0. The highest BCUT2D eigenvalue weighted by Crippen LogP contribution is 2.45. The normalized spacial score (nSPS) is 12.3. The highest BCUT2D eigenvalue weighted by atomic mass is 16.1. The number of hydrogen-bond acceptors (Lipinski definition) is 2. The van der Waals surface area contributed by atoms with Gasteiger partial charge in [-0.15, -0.1) is 0 Å². The second kappa shape index (κ2) is 7.70. The van der Waals surface area contributed by atoms with Crippen LogP contribution < -0.4 is 0 Å². The lowest BCUT2D eigenvalue weighted by atomic mass is 9.88. The first-order chi connectivity index (χ1) is 15.0. The summed E-state index contributed by atoms with van der Waals surface area (Å²) in [6.07, 6.45) is 1.85. The number of carbonyl (C=O) groups excluding carboxylic acids is 2. The highest BCUT2D eigenvalue weighted by Gasteiger charge is 2.24. The molecule has 0 amide bonds. The quantitative estimate of drug-likeness (QED) is 0.316. The summed E-state index contributed by atoms with van der Waals surface area (Å²) in [6, 6.07) is 20.7. The van der Waals surface area contributed by atoms with Crippen molar-refractivity contribution in [1.29, 1.82) is 0 Å². The van der Waals surface area contributed by atoms with Crippen molar-refractivity contribution in [1.82, 2.24) is 0 Å². The minimum atomic E-state index is 0.00672. The van der Waals surface area contributed by atoms with Gasteiger partial charge in [0.2, 0.25) is 0 Å². The van der Waals surface area contributed by atoms with Crippen LogP contribution in [0.3, 0.4) is 0 Å². The molecule has 0 heterocycles. The molecule has 0 aromatic carbocycles. The lowest BCUT2D eigenvalue weighted by Gasteiger charge is -2.17. The van der Waals surface area contributed by atoms with Crippen LogP contribution in [0.25, 0.3) is 33.4 Å². The van der Waals surface area contributed by atoms with Gasteiger partial charge in [0.25, 0.3) is 0 Å². The maximum absolute atomic E-state index is 11.9. The van der Waals surface area contributed by atoms with Gasteiger partial charge >= 0.3 is 0 Å². The van der Waals surface area contributed by atoms with Crippen molar-refractivity contribution < 1.29 is 9.59 Å². The molecular weight excluding hydrogens is 392 g/mol. The zero-order valence-corrected chi connectivity index (χ0v) is 19.7. The van der Waals surface area contributed by atoms with E-state index in [4.69, 9.17) is 0 Å². The molecule has 162 valence electrons.